The lowest BCUT2D eigenvalue weighted by atomic mass is 10.4. The molecule has 1 fully saturated rings. The Morgan fingerprint density at radius 2 is 2.08 bits per heavy atom. The summed E-state index contributed by atoms with van der Waals surface area (Å²) in [5.74, 6) is 6.77. The van der Waals surface area contributed by atoms with E-state index in [1.807, 2.05) is 0 Å². The van der Waals surface area contributed by atoms with Gasteiger partial charge in [0.15, 0.2) is 5.82 Å². The largest absolute Gasteiger partial charge is 0.355 e. The van der Waals surface area contributed by atoms with Crippen LogP contribution in [0.2, 0.25) is 0 Å². The van der Waals surface area contributed by atoms with Crippen molar-refractivity contribution in [3.8, 4) is 0 Å². The van der Waals surface area contributed by atoms with Crippen LogP contribution in [-0.2, 0) is 0 Å². The fraction of sp³-hybridized carbons (Fsp3) is 0.500. The van der Waals surface area contributed by atoms with E-state index in [-0.39, 0.29) is 0 Å². The van der Waals surface area contributed by atoms with Gasteiger partial charge in [0.1, 0.15) is 5.82 Å². The van der Waals surface area contributed by atoms with E-state index in [9.17, 15) is 0 Å². The Morgan fingerprint density at radius 3 is 2.77 bits per heavy atom. The first kappa shape index (κ1) is 8.25. The molecule has 1 aromatic heterocycles. The Kier molecular flexibility index (Phi) is 2.27. The molecular weight excluding hydrogens is 166 g/mol. The van der Waals surface area contributed by atoms with Crippen LogP contribution in [0.15, 0.2) is 12.4 Å². The van der Waals surface area contributed by atoms with E-state index in [2.05, 4.69) is 20.3 Å². The predicted molar refractivity (Wildman–Crippen MR) is 51.3 cm³/mol. The maximum Gasteiger partial charge on any atom is 0.160 e. The van der Waals surface area contributed by atoms with Crippen molar-refractivity contribution < 1.29 is 0 Å². The van der Waals surface area contributed by atoms with E-state index in [4.69, 9.17) is 5.84 Å². The number of hydrogen-bond donors (Lipinski definition) is 2. The molecule has 3 N–H and O–H groups in total. The Bertz CT molecular complexity index is 282. The number of nitrogens with zero attached hydrogens (tertiary/aromatic N) is 3. The molecule has 1 aliphatic rings. The zero-order valence-corrected chi connectivity index (χ0v) is 7.40. The van der Waals surface area contributed by atoms with Crippen LogP contribution < -0.4 is 16.2 Å². The monoisotopic (exact) mass is 179 g/mol. The number of hydrazine groups is 1. The van der Waals surface area contributed by atoms with Gasteiger partial charge in [-0.3, -0.25) is 4.98 Å². The van der Waals surface area contributed by atoms with Crippen LogP contribution in [0, 0.1) is 0 Å². The number of rotatable bonds is 2. The SMILES string of the molecule is NNc1cncc(N2CCCC2)n1. The molecule has 1 saturated heterocycles. The Morgan fingerprint density at radius 1 is 1.31 bits per heavy atom. The molecule has 2 heterocycles. The summed E-state index contributed by atoms with van der Waals surface area (Å²) in [6, 6.07) is 0. The van der Waals surface area contributed by atoms with E-state index in [1.165, 1.54) is 12.8 Å². The van der Waals surface area contributed by atoms with Crippen molar-refractivity contribution in [3.63, 3.8) is 0 Å². The van der Waals surface area contributed by atoms with Crippen LogP contribution in [0.1, 0.15) is 12.8 Å². The maximum absolute atomic E-state index is 5.25. The van der Waals surface area contributed by atoms with Crippen molar-refractivity contribution >= 4 is 11.6 Å². The van der Waals surface area contributed by atoms with Crippen LogP contribution in [0.3, 0.4) is 0 Å². The second kappa shape index (κ2) is 3.57. The first-order valence-electron chi connectivity index (χ1n) is 4.44. The number of hydrogen-bond acceptors (Lipinski definition) is 5. The molecule has 1 aromatic rings. The predicted octanol–water partition coefficient (Wildman–Crippen LogP) is 0.362. The van der Waals surface area contributed by atoms with Gasteiger partial charge < -0.3 is 10.3 Å². The fourth-order valence-corrected chi connectivity index (χ4v) is 1.52. The van der Waals surface area contributed by atoms with Crippen LogP contribution in [0.5, 0.6) is 0 Å². The van der Waals surface area contributed by atoms with Crippen molar-refractivity contribution in [1.29, 1.82) is 0 Å². The van der Waals surface area contributed by atoms with Crippen molar-refractivity contribution in [2.75, 3.05) is 23.4 Å². The van der Waals surface area contributed by atoms with E-state index in [0.717, 1.165) is 18.9 Å². The summed E-state index contributed by atoms with van der Waals surface area (Å²) in [6.45, 7) is 2.14. The molecule has 0 bridgehead atoms. The Balaban J connectivity index is 2.18. The molecule has 0 radical (unpaired) electrons. The first-order valence-corrected chi connectivity index (χ1v) is 4.44. The molecular formula is C8H13N5. The van der Waals surface area contributed by atoms with Gasteiger partial charge in [0, 0.05) is 13.1 Å². The van der Waals surface area contributed by atoms with Gasteiger partial charge in [-0.25, -0.2) is 10.8 Å². The quantitative estimate of drug-likeness (QED) is 0.507. The zero-order chi connectivity index (χ0) is 9.10. The summed E-state index contributed by atoms with van der Waals surface area (Å²) >= 11 is 0. The van der Waals surface area contributed by atoms with Gasteiger partial charge in [0.2, 0.25) is 0 Å². The van der Waals surface area contributed by atoms with E-state index >= 15 is 0 Å². The smallest absolute Gasteiger partial charge is 0.160 e. The minimum Gasteiger partial charge on any atom is -0.355 e. The van der Waals surface area contributed by atoms with Crippen molar-refractivity contribution in [1.82, 2.24) is 9.97 Å². The third-order valence-electron chi connectivity index (χ3n) is 2.20. The number of nitrogen functional groups attached to an aromatic ring is 1. The minimum absolute atomic E-state index is 0.615. The number of anilines is 2. The molecule has 5 nitrogen and oxygen atoms in total. The first-order chi connectivity index (χ1) is 6.40. The van der Waals surface area contributed by atoms with Crippen molar-refractivity contribution in [3.05, 3.63) is 12.4 Å². The molecule has 0 aliphatic carbocycles. The summed E-state index contributed by atoms with van der Waals surface area (Å²) in [4.78, 5) is 10.6. The average Bonchev–Trinajstić information content (AvgIpc) is 2.71. The highest BCUT2D eigenvalue weighted by Crippen LogP contribution is 2.17. The standard InChI is InChI=1S/C8H13N5/c9-12-7-5-10-6-8(11-7)13-3-1-2-4-13/h5-6H,1-4,9H2,(H,11,12). The minimum atomic E-state index is 0.615. The zero-order valence-electron chi connectivity index (χ0n) is 7.40. The highest BCUT2D eigenvalue weighted by atomic mass is 15.3. The van der Waals surface area contributed by atoms with Gasteiger partial charge in [0.25, 0.3) is 0 Å². The number of nitrogens with two attached hydrogens (primary N) is 1. The number of nitrogens with one attached hydrogen (secondary N) is 1. The van der Waals surface area contributed by atoms with Gasteiger partial charge in [-0.2, -0.15) is 0 Å². The summed E-state index contributed by atoms with van der Waals surface area (Å²) in [7, 11) is 0. The van der Waals surface area contributed by atoms with Crippen molar-refractivity contribution in [2.45, 2.75) is 12.8 Å². The van der Waals surface area contributed by atoms with Crippen LogP contribution in [0.25, 0.3) is 0 Å². The second-order valence-corrected chi connectivity index (χ2v) is 3.10. The molecule has 0 amide bonds. The molecule has 5 heteroatoms. The molecule has 0 spiro atoms. The molecule has 0 unspecified atom stereocenters. The van der Waals surface area contributed by atoms with Gasteiger partial charge in [-0.05, 0) is 12.8 Å². The molecule has 0 atom stereocenters. The molecule has 0 aromatic carbocycles. The van der Waals surface area contributed by atoms with Crippen LogP contribution in [0.4, 0.5) is 11.6 Å². The number of aromatic nitrogens is 2. The summed E-state index contributed by atoms with van der Waals surface area (Å²) in [6.07, 6.45) is 5.86. The summed E-state index contributed by atoms with van der Waals surface area (Å²) in [5.41, 5.74) is 2.49. The second-order valence-electron chi connectivity index (χ2n) is 3.10. The molecule has 70 valence electrons. The third-order valence-corrected chi connectivity index (χ3v) is 2.20. The highest BCUT2D eigenvalue weighted by molar-refractivity contribution is 5.43. The lowest BCUT2D eigenvalue weighted by Crippen LogP contribution is -2.20. The maximum atomic E-state index is 5.25. The molecule has 13 heavy (non-hydrogen) atoms. The lowest BCUT2D eigenvalue weighted by Gasteiger charge is -2.15. The third kappa shape index (κ3) is 1.70. The molecule has 1 aliphatic heterocycles. The Hall–Kier alpha value is -1.36. The van der Waals surface area contributed by atoms with Gasteiger partial charge in [0.05, 0.1) is 12.4 Å². The normalized spacial score (nSPS) is 16.2. The van der Waals surface area contributed by atoms with Gasteiger partial charge in [-0.15, -0.1) is 0 Å². The van der Waals surface area contributed by atoms with E-state index in [0.29, 0.717) is 5.82 Å². The molecule has 0 saturated carbocycles. The fourth-order valence-electron chi connectivity index (χ4n) is 1.52. The van der Waals surface area contributed by atoms with E-state index < -0.39 is 0 Å². The van der Waals surface area contributed by atoms with Crippen LogP contribution in [-0.4, -0.2) is 23.1 Å². The summed E-state index contributed by atoms with van der Waals surface area (Å²) in [5, 5.41) is 0. The highest BCUT2D eigenvalue weighted by Gasteiger charge is 2.13. The summed E-state index contributed by atoms with van der Waals surface area (Å²) < 4.78 is 0. The van der Waals surface area contributed by atoms with E-state index in [1.54, 1.807) is 12.4 Å². The van der Waals surface area contributed by atoms with Crippen molar-refractivity contribution in [2.24, 2.45) is 5.84 Å². The van der Waals surface area contributed by atoms with Gasteiger partial charge >= 0.3 is 0 Å². The lowest BCUT2D eigenvalue weighted by molar-refractivity contribution is 0.926. The molecule has 2 rings (SSSR count). The van der Waals surface area contributed by atoms with Gasteiger partial charge in [-0.1, -0.05) is 0 Å². The Labute approximate surface area is 76.9 Å². The topological polar surface area (TPSA) is 67.1 Å². The average molecular weight is 179 g/mol. The van der Waals surface area contributed by atoms with Crippen LogP contribution >= 0.6 is 0 Å².